The van der Waals surface area contributed by atoms with Crippen molar-refractivity contribution in [2.24, 2.45) is 0 Å². The third kappa shape index (κ3) is 5.78. The van der Waals surface area contributed by atoms with Gasteiger partial charge in [0.1, 0.15) is 0 Å². The van der Waals surface area contributed by atoms with Gasteiger partial charge >= 0.3 is 7.12 Å². The summed E-state index contributed by atoms with van der Waals surface area (Å²) in [5.74, 6) is 0. The third-order valence-electron chi connectivity index (χ3n) is 4.84. The van der Waals surface area contributed by atoms with Gasteiger partial charge in [-0.2, -0.15) is 0 Å². The predicted molar refractivity (Wildman–Crippen MR) is 118 cm³/mol. The Morgan fingerprint density at radius 3 is 2.14 bits per heavy atom. The maximum absolute atomic E-state index is 9.50. The van der Waals surface area contributed by atoms with Gasteiger partial charge in [0.15, 0.2) is 18.9 Å². The molecule has 0 aliphatic rings. The Bertz CT molecular complexity index is 941. The molecule has 29 heavy (non-hydrogen) atoms. The molecule has 5 nitrogen and oxygen atoms in total. The molecule has 0 saturated heterocycles. The second kappa shape index (κ2) is 10.0. The van der Waals surface area contributed by atoms with Crippen LogP contribution < -0.4 is 14.9 Å². The minimum atomic E-state index is -1.47. The van der Waals surface area contributed by atoms with Crippen molar-refractivity contribution in [2.45, 2.75) is 6.54 Å². The van der Waals surface area contributed by atoms with Gasteiger partial charge in [0.2, 0.25) is 0 Å². The van der Waals surface area contributed by atoms with Gasteiger partial charge in [-0.15, -0.1) is 0 Å². The number of likely N-dealkylation sites (N-methyl/N-ethyl adjacent to an activating group) is 1. The lowest BCUT2D eigenvalue weighted by atomic mass is 9.77. The molecule has 6 heteroatoms. The zero-order chi connectivity index (χ0) is 20.6. The standard InChI is InChI=1S/C23H26BN2O3/c1-25(16-17-27)22-10-8-19(9-11-22)6-7-20-12-14-26(15-13-20)18-21-4-2-3-5-23(21)24(28)29/h2-15,27-29H,16-18H2,1H3/q+1. The van der Waals surface area contributed by atoms with E-state index in [1.165, 1.54) is 0 Å². The van der Waals surface area contributed by atoms with Crippen molar-refractivity contribution in [1.29, 1.82) is 0 Å². The van der Waals surface area contributed by atoms with E-state index in [2.05, 4.69) is 24.3 Å². The quantitative estimate of drug-likeness (QED) is 0.402. The lowest BCUT2D eigenvalue weighted by molar-refractivity contribution is -0.688. The number of aliphatic hydroxyl groups excluding tert-OH is 1. The molecule has 3 N–H and O–H groups in total. The predicted octanol–water partition coefficient (Wildman–Crippen LogP) is 1.30. The fourth-order valence-electron chi connectivity index (χ4n) is 3.12. The van der Waals surface area contributed by atoms with Gasteiger partial charge in [-0.3, -0.25) is 0 Å². The van der Waals surface area contributed by atoms with Crippen LogP contribution in [-0.2, 0) is 6.54 Å². The van der Waals surface area contributed by atoms with Crippen LogP contribution in [0.5, 0.6) is 0 Å². The Morgan fingerprint density at radius 1 is 0.897 bits per heavy atom. The molecular formula is C23H26BN2O3+. The van der Waals surface area contributed by atoms with E-state index in [-0.39, 0.29) is 6.61 Å². The molecular weight excluding hydrogens is 363 g/mol. The van der Waals surface area contributed by atoms with Crippen molar-refractivity contribution >= 4 is 30.4 Å². The fourth-order valence-corrected chi connectivity index (χ4v) is 3.12. The number of anilines is 1. The highest BCUT2D eigenvalue weighted by Gasteiger charge is 2.17. The summed E-state index contributed by atoms with van der Waals surface area (Å²) < 4.78 is 2.00. The Hall–Kier alpha value is -2.93. The van der Waals surface area contributed by atoms with Crippen LogP contribution in [0, 0.1) is 0 Å². The molecule has 1 heterocycles. The summed E-state index contributed by atoms with van der Waals surface area (Å²) in [5, 5.41) is 28.0. The van der Waals surface area contributed by atoms with Crippen molar-refractivity contribution < 1.29 is 19.7 Å². The zero-order valence-electron chi connectivity index (χ0n) is 16.5. The van der Waals surface area contributed by atoms with Crippen LogP contribution in [0.25, 0.3) is 12.2 Å². The van der Waals surface area contributed by atoms with Crippen LogP contribution in [-0.4, -0.2) is 42.5 Å². The molecule has 0 amide bonds. The highest BCUT2D eigenvalue weighted by molar-refractivity contribution is 6.59. The van der Waals surface area contributed by atoms with Crippen LogP contribution in [0.3, 0.4) is 0 Å². The van der Waals surface area contributed by atoms with E-state index < -0.39 is 7.12 Å². The van der Waals surface area contributed by atoms with E-state index in [4.69, 9.17) is 5.11 Å². The molecule has 0 spiro atoms. The first-order valence-electron chi connectivity index (χ1n) is 9.60. The molecule has 0 radical (unpaired) electrons. The topological polar surface area (TPSA) is 67.8 Å². The number of hydrogen-bond donors (Lipinski definition) is 3. The van der Waals surface area contributed by atoms with Gasteiger partial charge in [0, 0.05) is 37.0 Å². The molecule has 148 valence electrons. The summed E-state index contributed by atoms with van der Waals surface area (Å²) in [5.41, 5.74) is 4.66. The van der Waals surface area contributed by atoms with Crippen LogP contribution in [0.4, 0.5) is 5.69 Å². The fraction of sp³-hybridized carbons (Fsp3) is 0.174. The monoisotopic (exact) mass is 389 g/mol. The first-order chi connectivity index (χ1) is 14.1. The maximum atomic E-state index is 9.50. The minimum absolute atomic E-state index is 0.137. The summed E-state index contributed by atoms with van der Waals surface area (Å²) in [6.45, 7) is 1.32. The lowest BCUT2D eigenvalue weighted by Crippen LogP contribution is -2.40. The molecule has 2 aromatic carbocycles. The van der Waals surface area contributed by atoms with Gasteiger partial charge in [-0.25, -0.2) is 4.57 Å². The molecule has 3 aromatic rings. The highest BCUT2D eigenvalue weighted by Crippen LogP contribution is 2.15. The molecule has 3 rings (SSSR count). The Balaban J connectivity index is 1.65. The van der Waals surface area contributed by atoms with Gasteiger partial charge in [0.05, 0.1) is 6.61 Å². The van der Waals surface area contributed by atoms with E-state index >= 15 is 0 Å². The Morgan fingerprint density at radius 2 is 1.52 bits per heavy atom. The summed E-state index contributed by atoms with van der Waals surface area (Å²) >= 11 is 0. The number of aliphatic hydroxyl groups is 1. The maximum Gasteiger partial charge on any atom is 0.488 e. The highest BCUT2D eigenvalue weighted by atomic mass is 16.4. The molecule has 0 fully saturated rings. The number of aromatic nitrogens is 1. The average molecular weight is 389 g/mol. The van der Waals surface area contributed by atoms with E-state index in [0.29, 0.717) is 18.6 Å². The van der Waals surface area contributed by atoms with E-state index in [0.717, 1.165) is 22.4 Å². The first-order valence-corrected chi connectivity index (χ1v) is 9.60. The average Bonchev–Trinajstić information content (AvgIpc) is 2.74. The van der Waals surface area contributed by atoms with Gasteiger partial charge in [-0.05, 0) is 28.7 Å². The summed E-state index contributed by atoms with van der Waals surface area (Å²) in [4.78, 5) is 2.01. The molecule has 1 aromatic heterocycles. The third-order valence-corrected chi connectivity index (χ3v) is 4.84. The normalized spacial score (nSPS) is 11.0. The van der Waals surface area contributed by atoms with Crippen molar-refractivity contribution in [3.63, 3.8) is 0 Å². The van der Waals surface area contributed by atoms with E-state index in [1.54, 1.807) is 12.1 Å². The molecule has 0 aliphatic carbocycles. The van der Waals surface area contributed by atoms with Crippen molar-refractivity contribution in [3.8, 4) is 0 Å². The van der Waals surface area contributed by atoms with E-state index in [9.17, 15) is 10.0 Å². The van der Waals surface area contributed by atoms with Crippen molar-refractivity contribution in [1.82, 2.24) is 0 Å². The van der Waals surface area contributed by atoms with E-state index in [1.807, 2.05) is 65.3 Å². The number of hydrogen-bond acceptors (Lipinski definition) is 4. The zero-order valence-corrected chi connectivity index (χ0v) is 16.5. The molecule has 0 bridgehead atoms. The number of rotatable bonds is 8. The Labute approximate surface area is 172 Å². The smallest absolute Gasteiger partial charge is 0.423 e. The van der Waals surface area contributed by atoms with Gasteiger partial charge in [0.25, 0.3) is 0 Å². The summed E-state index contributed by atoms with van der Waals surface area (Å²) in [6, 6.07) is 19.6. The largest absolute Gasteiger partial charge is 0.488 e. The van der Waals surface area contributed by atoms with Crippen LogP contribution in [0.1, 0.15) is 16.7 Å². The van der Waals surface area contributed by atoms with Crippen LogP contribution >= 0.6 is 0 Å². The number of pyridine rings is 1. The molecule has 0 unspecified atom stereocenters. The van der Waals surface area contributed by atoms with Crippen molar-refractivity contribution in [2.75, 3.05) is 25.1 Å². The minimum Gasteiger partial charge on any atom is -0.423 e. The molecule has 0 atom stereocenters. The Kier molecular flexibility index (Phi) is 7.19. The molecule has 0 saturated carbocycles. The number of benzene rings is 2. The first kappa shape index (κ1) is 20.8. The second-order valence-electron chi connectivity index (χ2n) is 6.95. The lowest BCUT2D eigenvalue weighted by Gasteiger charge is -2.17. The SMILES string of the molecule is CN(CCO)c1ccc(/C=C/c2cc[n+](Cc3ccccc3B(O)O)cc2)cc1. The summed E-state index contributed by atoms with van der Waals surface area (Å²) in [6.07, 6.45) is 8.08. The van der Waals surface area contributed by atoms with Crippen LogP contribution in [0.15, 0.2) is 73.1 Å². The van der Waals surface area contributed by atoms with Crippen LogP contribution in [0.2, 0.25) is 0 Å². The summed E-state index contributed by atoms with van der Waals surface area (Å²) in [7, 11) is 0.490. The number of nitrogens with zero attached hydrogens (tertiary/aromatic N) is 2. The molecule has 0 aliphatic heterocycles. The second-order valence-corrected chi connectivity index (χ2v) is 6.95. The van der Waals surface area contributed by atoms with Gasteiger partial charge < -0.3 is 20.1 Å². The van der Waals surface area contributed by atoms with Gasteiger partial charge in [-0.1, -0.05) is 48.6 Å². The van der Waals surface area contributed by atoms with Crippen molar-refractivity contribution in [3.05, 3.63) is 89.7 Å².